The molecule has 0 aliphatic rings. The number of carbonyl (C=O) groups is 1. The van der Waals surface area contributed by atoms with E-state index in [1.807, 2.05) is 30.3 Å². The number of carbonyl (C=O) groups excluding carboxylic acids is 1. The molecule has 0 saturated heterocycles. The molecule has 3 rings (SSSR count). The van der Waals surface area contributed by atoms with Crippen LogP contribution in [0.15, 0.2) is 53.3 Å². The first-order chi connectivity index (χ1) is 11.5. The Morgan fingerprint density at radius 3 is 2.62 bits per heavy atom. The third-order valence-electron chi connectivity index (χ3n) is 3.41. The van der Waals surface area contributed by atoms with Crippen LogP contribution in [0, 0.1) is 0 Å². The van der Waals surface area contributed by atoms with Gasteiger partial charge in [0, 0.05) is 27.3 Å². The van der Waals surface area contributed by atoms with E-state index in [1.165, 1.54) is 17.5 Å². The number of nitrogens with one attached hydrogen (secondary N) is 1. The molecule has 2 aromatic heterocycles. The number of halogens is 1. The van der Waals surface area contributed by atoms with E-state index in [0.29, 0.717) is 16.6 Å². The van der Waals surface area contributed by atoms with E-state index in [2.05, 4.69) is 45.1 Å². The molecule has 3 aromatic rings. The van der Waals surface area contributed by atoms with Gasteiger partial charge in [0.1, 0.15) is 0 Å². The molecule has 0 saturated carbocycles. The molecule has 1 amide bonds. The third kappa shape index (κ3) is 3.71. The van der Waals surface area contributed by atoms with Crippen molar-refractivity contribution in [3.63, 3.8) is 0 Å². The summed E-state index contributed by atoms with van der Waals surface area (Å²) in [6, 6.07) is 11.8. The molecule has 0 unspecified atom stereocenters. The summed E-state index contributed by atoms with van der Waals surface area (Å²) in [7, 11) is 0. The molecule has 0 aliphatic carbocycles. The van der Waals surface area contributed by atoms with Crippen molar-refractivity contribution in [2.75, 3.05) is 5.32 Å². The Bertz CT molecular complexity index is 862. The average molecular weight is 402 g/mol. The number of anilines is 1. The van der Waals surface area contributed by atoms with Crippen LogP contribution in [0.1, 0.15) is 35.0 Å². The molecule has 2 heterocycles. The maximum atomic E-state index is 12.4. The van der Waals surface area contributed by atoms with Crippen LogP contribution < -0.4 is 5.32 Å². The van der Waals surface area contributed by atoms with E-state index in [-0.39, 0.29) is 5.91 Å². The van der Waals surface area contributed by atoms with Crippen molar-refractivity contribution < 1.29 is 4.79 Å². The summed E-state index contributed by atoms with van der Waals surface area (Å²) in [6.07, 6.45) is 3.18. The predicted octanol–water partition coefficient (Wildman–Crippen LogP) is 5.34. The summed E-state index contributed by atoms with van der Waals surface area (Å²) in [5.74, 6) is 0.114. The molecule has 0 radical (unpaired) electrons. The summed E-state index contributed by atoms with van der Waals surface area (Å²) in [5.41, 5.74) is 2.48. The van der Waals surface area contributed by atoms with Crippen LogP contribution in [0.2, 0.25) is 0 Å². The largest absolute Gasteiger partial charge is 0.298 e. The first-order valence-corrected chi connectivity index (χ1v) is 9.13. The second kappa shape index (κ2) is 7.23. The predicted molar refractivity (Wildman–Crippen MR) is 102 cm³/mol. The Balaban J connectivity index is 1.91. The maximum Gasteiger partial charge on any atom is 0.259 e. The second-order valence-electron chi connectivity index (χ2n) is 5.60. The second-order valence-corrected chi connectivity index (χ2v) is 7.54. The first kappa shape index (κ1) is 16.8. The highest BCUT2D eigenvalue weighted by atomic mass is 79.9. The fraction of sp³-hybridized carbons (Fsp3) is 0.167. The van der Waals surface area contributed by atoms with Crippen molar-refractivity contribution in [2.45, 2.75) is 19.8 Å². The number of benzene rings is 1. The zero-order chi connectivity index (χ0) is 17.1. The van der Waals surface area contributed by atoms with Crippen molar-refractivity contribution >= 4 is 38.3 Å². The minimum absolute atomic E-state index is 0.215. The Morgan fingerprint density at radius 2 is 1.96 bits per heavy atom. The number of rotatable bonds is 4. The molecular weight excluding hydrogens is 386 g/mol. The van der Waals surface area contributed by atoms with Gasteiger partial charge in [-0.3, -0.25) is 15.1 Å². The van der Waals surface area contributed by atoms with E-state index in [9.17, 15) is 4.79 Å². The van der Waals surface area contributed by atoms with Gasteiger partial charge in [0.15, 0.2) is 5.13 Å². The molecule has 4 nitrogen and oxygen atoms in total. The lowest BCUT2D eigenvalue weighted by molar-refractivity contribution is 0.102. The smallest absolute Gasteiger partial charge is 0.259 e. The number of amides is 1. The highest BCUT2D eigenvalue weighted by Crippen LogP contribution is 2.36. The SMILES string of the molecule is CC(C)c1sc(NC(=O)c2cncc(Br)c2)nc1-c1ccccc1. The van der Waals surface area contributed by atoms with Crippen molar-refractivity contribution in [1.82, 2.24) is 9.97 Å². The summed E-state index contributed by atoms with van der Waals surface area (Å²) in [6.45, 7) is 4.26. The van der Waals surface area contributed by atoms with Crippen LogP contribution >= 0.6 is 27.3 Å². The van der Waals surface area contributed by atoms with Crippen molar-refractivity contribution in [2.24, 2.45) is 0 Å². The third-order valence-corrected chi connectivity index (χ3v) is 5.12. The minimum atomic E-state index is -0.215. The van der Waals surface area contributed by atoms with Crippen molar-refractivity contribution in [3.05, 3.63) is 63.7 Å². The molecule has 122 valence electrons. The van der Waals surface area contributed by atoms with Gasteiger partial charge in [-0.15, -0.1) is 11.3 Å². The molecule has 24 heavy (non-hydrogen) atoms. The van der Waals surface area contributed by atoms with Crippen LogP contribution in [0.25, 0.3) is 11.3 Å². The van der Waals surface area contributed by atoms with E-state index in [0.717, 1.165) is 20.6 Å². The molecule has 0 atom stereocenters. The Hall–Kier alpha value is -2.05. The van der Waals surface area contributed by atoms with Gasteiger partial charge in [0.2, 0.25) is 0 Å². The van der Waals surface area contributed by atoms with Gasteiger partial charge in [-0.1, -0.05) is 44.2 Å². The van der Waals surface area contributed by atoms with Gasteiger partial charge in [-0.2, -0.15) is 0 Å². The standard InChI is InChI=1S/C18H16BrN3OS/c1-11(2)16-15(12-6-4-3-5-7-12)21-18(24-16)22-17(23)13-8-14(19)10-20-9-13/h3-11H,1-2H3,(H,21,22,23). The molecule has 6 heteroatoms. The molecule has 0 fully saturated rings. The van der Waals surface area contributed by atoms with Crippen molar-refractivity contribution in [3.8, 4) is 11.3 Å². The number of pyridine rings is 1. The zero-order valence-electron chi connectivity index (χ0n) is 13.3. The van der Waals surface area contributed by atoms with E-state index < -0.39 is 0 Å². The molecule has 0 bridgehead atoms. The van der Waals surface area contributed by atoms with E-state index >= 15 is 0 Å². The average Bonchev–Trinajstić information content (AvgIpc) is 3.00. The number of hydrogen-bond donors (Lipinski definition) is 1. The number of hydrogen-bond acceptors (Lipinski definition) is 4. The Morgan fingerprint density at radius 1 is 1.21 bits per heavy atom. The molecule has 1 aromatic carbocycles. The minimum Gasteiger partial charge on any atom is -0.298 e. The fourth-order valence-electron chi connectivity index (χ4n) is 2.28. The van der Waals surface area contributed by atoms with E-state index in [4.69, 9.17) is 0 Å². The number of aromatic nitrogens is 2. The summed E-state index contributed by atoms with van der Waals surface area (Å²) < 4.78 is 0.766. The number of nitrogens with zero attached hydrogens (tertiary/aromatic N) is 2. The van der Waals surface area contributed by atoms with Gasteiger partial charge >= 0.3 is 0 Å². The van der Waals surface area contributed by atoms with Gasteiger partial charge in [-0.05, 0) is 27.9 Å². The van der Waals surface area contributed by atoms with Gasteiger partial charge in [0.25, 0.3) is 5.91 Å². The first-order valence-electron chi connectivity index (χ1n) is 7.52. The fourth-order valence-corrected chi connectivity index (χ4v) is 3.63. The highest BCUT2D eigenvalue weighted by molar-refractivity contribution is 9.10. The van der Waals surface area contributed by atoms with Crippen LogP contribution in [-0.4, -0.2) is 15.9 Å². The van der Waals surface area contributed by atoms with Crippen molar-refractivity contribution in [1.29, 1.82) is 0 Å². The Kier molecular flexibility index (Phi) is 5.06. The molecule has 0 aliphatic heterocycles. The van der Waals surface area contributed by atoms with Crippen LogP contribution in [0.3, 0.4) is 0 Å². The normalized spacial score (nSPS) is 10.8. The summed E-state index contributed by atoms with van der Waals surface area (Å²) in [4.78, 5) is 22.2. The highest BCUT2D eigenvalue weighted by Gasteiger charge is 2.17. The van der Waals surface area contributed by atoms with Crippen LogP contribution in [-0.2, 0) is 0 Å². The van der Waals surface area contributed by atoms with Gasteiger partial charge in [-0.25, -0.2) is 4.98 Å². The molecular formula is C18H16BrN3OS. The van der Waals surface area contributed by atoms with Gasteiger partial charge in [0.05, 0.1) is 11.3 Å². The lowest BCUT2D eigenvalue weighted by Crippen LogP contribution is -2.11. The quantitative estimate of drug-likeness (QED) is 0.641. The van der Waals surface area contributed by atoms with E-state index in [1.54, 1.807) is 12.3 Å². The lowest BCUT2D eigenvalue weighted by Gasteiger charge is -2.04. The lowest BCUT2D eigenvalue weighted by atomic mass is 10.1. The summed E-state index contributed by atoms with van der Waals surface area (Å²) in [5, 5.41) is 3.48. The molecule has 1 N–H and O–H groups in total. The topological polar surface area (TPSA) is 54.9 Å². The zero-order valence-corrected chi connectivity index (χ0v) is 15.7. The maximum absolute atomic E-state index is 12.4. The Labute approximate surface area is 153 Å². The van der Waals surface area contributed by atoms with Gasteiger partial charge < -0.3 is 0 Å². The summed E-state index contributed by atoms with van der Waals surface area (Å²) >= 11 is 4.84. The number of thiazole rings is 1. The molecule has 0 spiro atoms. The van der Waals surface area contributed by atoms with Crippen LogP contribution in [0.4, 0.5) is 5.13 Å². The monoisotopic (exact) mass is 401 g/mol. The van der Waals surface area contributed by atoms with Crippen LogP contribution in [0.5, 0.6) is 0 Å².